The van der Waals surface area contributed by atoms with E-state index in [-0.39, 0.29) is 11.8 Å². The number of ether oxygens (including phenoxy) is 6. The lowest BCUT2D eigenvalue weighted by atomic mass is 9.77. The molecule has 7 N–H and O–H groups in total. The van der Waals surface area contributed by atoms with Crippen LogP contribution in [0, 0.1) is 23.7 Å². The van der Waals surface area contributed by atoms with Gasteiger partial charge < -0.3 is 64.2 Å². The fourth-order valence-electron chi connectivity index (χ4n) is 6.55. The number of hydrogen-bond donors (Lipinski definition) is 7. The van der Waals surface area contributed by atoms with E-state index < -0.39 is 111 Å². The molecule has 240 valence electrons. The second-order valence-corrected chi connectivity index (χ2v) is 12.5. The first-order valence-corrected chi connectivity index (χ1v) is 14.9. The summed E-state index contributed by atoms with van der Waals surface area (Å²) in [7, 11) is 0. The van der Waals surface area contributed by atoms with Gasteiger partial charge in [0.05, 0.1) is 43.2 Å². The number of rotatable bonds is 8. The van der Waals surface area contributed by atoms with E-state index in [1.807, 2.05) is 20.8 Å². The van der Waals surface area contributed by atoms with Crippen molar-refractivity contribution in [2.24, 2.45) is 23.7 Å². The molecule has 3 heterocycles. The molecule has 1 aliphatic carbocycles. The van der Waals surface area contributed by atoms with Gasteiger partial charge in [-0.15, -0.1) is 0 Å². The van der Waals surface area contributed by atoms with E-state index in [1.54, 1.807) is 20.8 Å². The maximum Gasteiger partial charge on any atom is 0.187 e. The van der Waals surface area contributed by atoms with Crippen molar-refractivity contribution >= 4 is 0 Å². The lowest BCUT2D eigenvalue weighted by Crippen LogP contribution is -2.59. The summed E-state index contributed by atoms with van der Waals surface area (Å²) in [6.07, 6.45) is -13.9. The van der Waals surface area contributed by atoms with Crippen molar-refractivity contribution < 1.29 is 64.2 Å². The Morgan fingerprint density at radius 3 is 1.71 bits per heavy atom. The van der Waals surface area contributed by atoms with Crippen LogP contribution in [0.1, 0.15) is 54.4 Å². The minimum Gasteiger partial charge on any atom is -0.394 e. The average molecular weight is 595 g/mol. The van der Waals surface area contributed by atoms with Crippen molar-refractivity contribution in [2.75, 3.05) is 6.61 Å². The molecular weight excluding hydrogens is 544 g/mol. The third kappa shape index (κ3) is 6.63. The summed E-state index contributed by atoms with van der Waals surface area (Å²) in [5.41, 5.74) is 0. The fourth-order valence-corrected chi connectivity index (χ4v) is 6.55. The second kappa shape index (κ2) is 13.6. The molecule has 13 heteroatoms. The summed E-state index contributed by atoms with van der Waals surface area (Å²) >= 11 is 0. The first-order valence-electron chi connectivity index (χ1n) is 14.9. The number of hydrogen-bond acceptors (Lipinski definition) is 13. The van der Waals surface area contributed by atoms with Crippen LogP contribution in [0.3, 0.4) is 0 Å². The van der Waals surface area contributed by atoms with E-state index >= 15 is 0 Å². The van der Waals surface area contributed by atoms with Crippen molar-refractivity contribution in [2.45, 2.75) is 147 Å². The minimum absolute atomic E-state index is 0.108. The maximum absolute atomic E-state index is 11.2. The summed E-state index contributed by atoms with van der Waals surface area (Å²) in [4.78, 5) is 0. The van der Waals surface area contributed by atoms with E-state index in [2.05, 4.69) is 0 Å². The molecule has 1 saturated carbocycles. The summed E-state index contributed by atoms with van der Waals surface area (Å²) in [6, 6.07) is 0. The van der Waals surface area contributed by atoms with E-state index in [0.29, 0.717) is 12.8 Å². The van der Waals surface area contributed by atoms with Gasteiger partial charge in [0.15, 0.2) is 18.9 Å². The van der Waals surface area contributed by atoms with E-state index in [0.717, 1.165) is 0 Å². The van der Waals surface area contributed by atoms with Crippen molar-refractivity contribution in [3.63, 3.8) is 0 Å². The Bertz CT molecular complexity index is 833. The quantitative estimate of drug-likeness (QED) is 0.178. The van der Waals surface area contributed by atoms with Gasteiger partial charge in [-0.2, -0.15) is 0 Å². The largest absolute Gasteiger partial charge is 0.394 e. The van der Waals surface area contributed by atoms with Gasteiger partial charge in [0.25, 0.3) is 0 Å². The van der Waals surface area contributed by atoms with Crippen LogP contribution in [-0.2, 0) is 28.4 Å². The highest BCUT2D eigenvalue weighted by atomic mass is 16.8. The molecule has 13 nitrogen and oxygen atoms in total. The minimum atomic E-state index is -1.39. The van der Waals surface area contributed by atoms with Gasteiger partial charge in [-0.3, -0.25) is 0 Å². The molecule has 0 bridgehead atoms. The Balaban J connectivity index is 1.49. The van der Waals surface area contributed by atoms with Gasteiger partial charge in [-0.05, 0) is 31.6 Å². The molecule has 4 fully saturated rings. The normalized spacial score (nSPS) is 54.8. The van der Waals surface area contributed by atoms with E-state index in [1.165, 1.54) is 0 Å². The van der Waals surface area contributed by atoms with Crippen LogP contribution >= 0.6 is 0 Å². The molecule has 19 unspecified atom stereocenters. The Labute approximate surface area is 241 Å². The van der Waals surface area contributed by atoms with Crippen molar-refractivity contribution in [1.82, 2.24) is 0 Å². The molecular formula is C28H50O13. The van der Waals surface area contributed by atoms with Crippen LogP contribution in [0.5, 0.6) is 0 Å². The highest BCUT2D eigenvalue weighted by Crippen LogP contribution is 2.39. The van der Waals surface area contributed by atoms with Gasteiger partial charge in [-0.1, -0.05) is 34.6 Å². The van der Waals surface area contributed by atoms with Crippen LogP contribution in [0.15, 0.2) is 0 Å². The summed E-state index contributed by atoms with van der Waals surface area (Å²) in [6.45, 7) is 10.1. The predicted octanol–water partition coefficient (Wildman–Crippen LogP) is -1.15. The Morgan fingerprint density at radius 1 is 0.561 bits per heavy atom. The molecule has 4 rings (SSSR count). The van der Waals surface area contributed by atoms with Gasteiger partial charge in [0.1, 0.15) is 36.6 Å². The fraction of sp³-hybridized carbons (Fsp3) is 1.00. The zero-order valence-electron chi connectivity index (χ0n) is 24.7. The van der Waals surface area contributed by atoms with Gasteiger partial charge in [0.2, 0.25) is 0 Å². The molecule has 0 radical (unpaired) electrons. The average Bonchev–Trinajstić information content (AvgIpc) is 3.24. The first kappa shape index (κ1) is 33.4. The van der Waals surface area contributed by atoms with Gasteiger partial charge in [-0.25, -0.2) is 0 Å². The number of aliphatic hydroxyl groups is 7. The Kier molecular flexibility index (Phi) is 11.1. The molecule has 41 heavy (non-hydrogen) atoms. The molecule has 4 aliphatic rings. The number of aliphatic hydroxyl groups excluding tert-OH is 7. The van der Waals surface area contributed by atoms with Crippen LogP contribution in [0.2, 0.25) is 0 Å². The zero-order valence-corrected chi connectivity index (χ0v) is 24.7. The van der Waals surface area contributed by atoms with Crippen LogP contribution in [0.4, 0.5) is 0 Å². The smallest absolute Gasteiger partial charge is 0.187 e. The van der Waals surface area contributed by atoms with Crippen molar-refractivity contribution in [3.8, 4) is 0 Å². The molecule has 3 saturated heterocycles. The Hall–Kier alpha value is -0.520. The molecule has 0 amide bonds. The van der Waals surface area contributed by atoms with Gasteiger partial charge in [0, 0.05) is 11.8 Å². The summed E-state index contributed by atoms with van der Waals surface area (Å²) in [5, 5.41) is 73.9. The third-order valence-corrected chi connectivity index (χ3v) is 9.45. The molecule has 0 aromatic rings. The lowest BCUT2D eigenvalue weighted by Gasteiger charge is -2.47. The van der Waals surface area contributed by atoms with Crippen molar-refractivity contribution in [1.29, 1.82) is 0 Å². The third-order valence-electron chi connectivity index (χ3n) is 9.45. The zero-order chi connectivity index (χ0) is 30.3. The highest BCUT2D eigenvalue weighted by Gasteiger charge is 2.53. The second-order valence-electron chi connectivity index (χ2n) is 12.5. The maximum atomic E-state index is 11.2. The van der Waals surface area contributed by atoms with Crippen LogP contribution in [-0.4, -0.2) is 134 Å². The topological polar surface area (TPSA) is 197 Å². The molecule has 0 spiro atoms. The molecule has 19 atom stereocenters. The highest BCUT2D eigenvalue weighted by molar-refractivity contribution is 4.97. The van der Waals surface area contributed by atoms with Gasteiger partial charge >= 0.3 is 0 Å². The monoisotopic (exact) mass is 594 g/mol. The molecule has 0 aromatic carbocycles. The van der Waals surface area contributed by atoms with Crippen LogP contribution < -0.4 is 0 Å². The molecule has 0 aromatic heterocycles. The lowest BCUT2D eigenvalue weighted by molar-refractivity contribution is -0.325. The standard InChI is InChI=1S/C28H50O13/c1-7-15-21(34)19(32)13(5)27(37-15)39-23-11(3)8-10(2)17(30)25(23)41-28-22(35)24(16(9-29)38-28)40-26-12(4)18(31)20(33)14(6)36-26/h10-35H,7-9H2,1-6H3. The van der Waals surface area contributed by atoms with E-state index in [4.69, 9.17) is 28.4 Å². The molecule has 3 aliphatic heterocycles. The van der Waals surface area contributed by atoms with Crippen LogP contribution in [0.25, 0.3) is 0 Å². The predicted molar refractivity (Wildman–Crippen MR) is 141 cm³/mol. The van der Waals surface area contributed by atoms with Crippen molar-refractivity contribution in [3.05, 3.63) is 0 Å². The first-order chi connectivity index (χ1) is 19.3. The Morgan fingerprint density at radius 2 is 1.10 bits per heavy atom. The summed E-state index contributed by atoms with van der Waals surface area (Å²) < 4.78 is 36.1. The summed E-state index contributed by atoms with van der Waals surface area (Å²) in [5.74, 6) is -1.47. The SMILES string of the molecule is CCC1OC(OC2C(C)CC(C)C(O)C2OC2OC(CO)C(OC3OC(C)C(O)C(O)C3C)C2O)C(C)C(O)C1O. The van der Waals surface area contributed by atoms with E-state index in [9.17, 15) is 35.7 Å².